The maximum Gasteiger partial charge on any atom is 0 e. The van der Waals surface area contributed by atoms with Crippen LogP contribution in [-0.2, 0) is 52.7 Å². The molecule has 3 nitrogen and oxygen atoms in total. The van der Waals surface area contributed by atoms with Crippen LogP contribution in [-0.4, -0.2) is 10.5 Å². The van der Waals surface area contributed by atoms with Gasteiger partial charge in [0.05, 0.1) is 0 Å². The van der Waals surface area contributed by atoms with Gasteiger partial charge in [-0.1, -0.05) is 0 Å². The van der Waals surface area contributed by atoms with Crippen molar-refractivity contribution >= 4 is 0 Å². The maximum atomic E-state index is 8.12. The van der Waals surface area contributed by atoms with Crippen molar-refractivity contribution in [3.05, 3.63) is 0 Å². The fourth-order valence-corrected chi connectivity index (χ4v) is 0. The summed E-state index contributed by atoms with van der Waals surface area (Å²) in [6, 6.07) is 0. The van der Waals surface area contributed by atoms with Crippen LogP contribution in [0.4, 0.5) is 0 Å². The molecule has 0 fully saturated rings. The van der Waals surface area contributed by atoms with Gasteiger partial charge in [-0.3, -0.25) is 10.5 Å². The molecule has 5 heteroatoms. The van der Waals surface area contributed by atoms with E-state index in [0.29, 0.717) is 0 Å². The molecule has 5 heavy (non-hydrogen) atoms. The third-order valence-corrected chi connectivity index (χ3v) is 0. The first-order valence-corrected chi connectivity index (χ1v) is 0.887. The van der Waals surface area contributed by atoms with Gasteiger partial charge in [0.15, 0.2) is 0 Å². The summed E-state index contributed by atoms with van der Waals surface area (Å²) in [5.41, 5.74) is 0. The van der Waals surface area contributed by atoms with Crippen molar-refractivity contribution in [3.63, 3.8) is 0 Å². The smallest absolute Gasteiger partial charge is 0 e. The summed E-state index contributed by atoms with van der Waals surface area (Å²) in [4.78, 5) is 0. The topological polar surface area (TPSA) is 57.5 Å². The van der Waals surface area contributed by atoms with Crippen LogP contribution in [0.3, 0.4) is 0 Å². The van der Waals surface area contributed by atoms with Crippen LogP contribution < -0.4 is 0 Å². The zero-order chi connectivity index (χ0) is 4.00. The molecule has 0 atom stereocenters. The number of hydrogen-bond acceptors (Lipinski definition) is 3. The summed E-state index contributed by atoms with van der Waals surface area (Å²) < 4.78 is 8.12. The maximum absolute atomic E-state index is 8.12. The van der Waals surface area contributed by atoms with Crippen LogP contribution in [0.5, 0.6) is 0 Å². The molecule has 0 aromatic carbocycles. The molecule has 1 radical (unpaired) electrons. The van der Waals surface area contributed by atoms with E-state index in [4.69, 9.17) is 14.3 Å². The molecule has 0 aliphatic carbocycles. The minimum Gasteiger partial charge on any atom is 0 e. The van der Waals surface area contributed by atoms with Gasteiger partial charge in [0, 0.05) is 32.7 Å². The van der Waals surface area contributed by atoms with E-state index in [0.717, 1.165) is 0 Å². The normalized spacial score (nSPS) is 2.00. The van der Waals surface area contributed by atoms with Crippen LogP contribution in [0.2, 0.25) is 0 Å². The second-order valence-electron chi connectivity index (χ2n) is 0. The molecule has 0 saturated heterocycles. The molecule has 29 valence electrons. The predicted molar refractivity (Wildman–Crippen MR) is 5.94 cm³/mol. The van der Waals surface area contributed by atoms with Crippen LogP contribution in [0.25, 0.3) is 0 Å². The molecule has 2 N–H and O–H groups in total. The minimum absolute atomic E-state index is 0. The molecule has 0 aromatic rings. The second-order valence-corrected chi connectivity index (χ2v) is 0. The van der Waals surface area contributed by atoms with Gasteiger partial charge in [-0.25, -0.2) is 0 Å². The molecule has 0 aliphatic heterocycles. The Morgan fingerprint density at radius 2 is 1.20 bits per heavy atom. The number of rotatable bonds is 0. The molecule has 0 rings (SSSR count). The van der Waals surface area contributed by atoms with Crippen molar-refractivity contribution in [2.24, 2.45) is 0 Å². The van der Waals surface area contributed by atoms with Crippen molar-refractivity contribution in [2.45, 2.75) is 0 Å². The van der Waals surface area contributed by atoms with Crippen LogP contribution in [0.1, 0.15) is 0 Å². The van der Waals surface area contributed by atoms with Crippen molar-refractivity contribution in [2.75, 3.05) is 0 Å². The molecule has 0 saturated carbocycles. The monoisotopic (exact) mass is 191 g/mol. The van der Waals surface area contributed by atoms with E-state index in [1.807, 2.05) is 0 Å². The fraction of sp³-hybridized carbons (Fsp3) is 0. The Labute approximate surface area is 62.8 Å². The van der Waals surface area contributed by atoms with E-state index in [2.05, 4.69) is 0 Å². The van der Waals surface area contributed by atoms with Crippen LogP contribution in [0, 0.1) is 0 Å². The van der Waals surface area contributed by atoms with Gasteiger partial charge in [-0.05, 0) is 0 Å². The van der Waals surface area contributed by atoms with E-state index in [1.165, 1.54) is 16.2 Å². The zero-order valence-electron chi connectivity index (χ0n) is 2.29. The van der Waals surface area contributed by atoms with E-state index in [9.17, 15) is 0 Å². The standard InChI is InChI=1S/Cr.H2O2.O.Y/c;1-2;;/h;1-2H;;. The SMILES string of the molecule is OO.[O]=[Cr].[Y]. The van der Waals surface area contributed by atoms with E-state index in [-0.39, 0.29) is 32.7 Å². The molecule has 0 heterocycles. The Morgan fingerprint density at radius 3 is 1.20 bits per heavy atom. The Kier molecular flexibility index (Phi) is 179. The molecule has 0 unspecified atom stereocenters. The Hall–Kier alpha value is 1.36. The molecular weight excluding hydrogens is 189 g/mol. The Morgan fingerprint density at radius 1 is 1.20 bits per heavy atom. The van der Waals surface area contributed by atoms with Gasteiger partial charge in [0.2, 0.25) is 0 Å². The van der Waals surface area contributed by atoms with Crippen molar-refractivity contribution in [3.8, 4) is 0 Å². The zero-order valence-corrected chi connectivity index (χ0v) is 6.40. The number of hydrogen-bond donors (Lipinski definition) is 2. The van der Waals surface area contributed by atoms with Crippen LogP contribution in [0.15, 0.2) is 0 Å². The Balaban J connectivity index is -0.0000000133. The summed E-state index contributed by atoms with van der Waals surface area (Å²) in [7, 11) is 0. The van der Waals surface area contributed by atoms with E-state index < -0.39 is 0 Å². The predicted octanol–water partition coefficient (Wildman–Crippen LogP) is -0.106. The molecular formula is H2CrO3Y. The summed E-state index contributed by atoms with van der Waals surface area (Å²) >= 11 is 1.38. The average Bonchev–Trinajstić information content (AvgIpc) is 1.50. The first-order valence-electron chi connectivity index (χ1n) is 0.367. The molecule has 0 amide bonds. The molecule has 0 bridgehead atoms. The third-order valence-electron chi connectivity index (χ3n) is 0. The van der Waals surface area contributed by atoms with Crippen LogP contribution >= 0.6 is 0 Å². The summed E-state index contributed by atoms with van der Waals surface area (Å²) in [5, 5.41) is 12.0. The third kappa shape index (κ3) is 32.8. The average molecular weight is 191 g/mol. The van der Waals surface area contributed by atoms with Gasteiger partial charge < -0.3 is 0 Å². The quantitative estimate of drug-likeness (QED) is 0.415. The van der Waals surface area contributed by atoms with Gasteiger partial charge in [0.1, 0.15) is 0 Å². The fourth-order valence-electron chi connectivity index (χ4n) is 0. The largest absolute Gasteiger partial charge is 0 e. The minimum atomic E-state index is 0. The first-order chi connectivity index (χ1) is 2.00. The van der Waals surface area contributed by atoms with Gasteiger partial charge in [-0.15, -0.1) is 0 Å². The van der Waals surface area contributed by atoms with Gasteiger partial charge in [0.25, 0.3) is 0 Å². The first kappa shape index (κ1) is 16.2. The van der Waals surface area contributed by atoms with E-state index >= 15 is 0 Å². The summed E-state index contributed by atoms with van der Waals surface area (Å²) in [6.45, 7) is 0. The van der Waals surface area contributed by atoms with Gasteiger partial charge >= 0.3 is 20.0 Å². The Bertz CT molecular complexity index is 6.85. The van der Waals surface area contributed by atoms with Crippen molar-refractivity contribution < 1.29 is 63.3 Å². The summed E-state index contributed by atoms with van der Waals surface area (Å²) in [6.07, 6.45) is 0. The second kappa shape index (κ2) is 55.3. The molecule has 0 aliphatic rings. The summed E-state index contributed by atoms with van der Waals surface area (Å²) in [5.74, 6) is 0. The van der Waals surface area contributed by atoms with Gasteiger partial charge in [-0.2, -0.15) is 0 Å². The van der Waals surface area contributed by atoms with E-state index in [1.54, 1.807) is 0 Å². The molecule has 0 spiro atoms. The van der Waals surface area contributed by atoms with Crippen molar-refractivity contribution in [1.29, 1.82) is 0 Å². The van der Waals surface area contributed by atoms with Crippen molar-refractivity contribution in [1.82, 2.24) is 0 Å². The molecule has 0 aromatic heterocycles.